The molecule has 0 radical (unpaired) electrons. The molecule has 0 unspecified atom stereocenters. The number of hydrogen-bond donors (Lipinski definition) is 7. The van der Waals surface area contributed by atoms with Crippen molar-refractivity contribution in [3.8, 4) is 0 Å². The fourth-order valence-electron chi connectivity index (χ4n) is 4.51. The second-order valence-electron chi connectivity index (χ2n) is 11.6. The summed E-state index contributed by atoms with van der Waals surface area (Å²) in [5.74, 6) is 0.256. The van der Waals surface area contributed by atoms with Gasteiger partial charge in [0.2, 0.25) is 11.9 Å². The zero-order valence-corrected chi connectivity index (χ0v) is 29.2. The summed E-state index contributed by atoms with van der Waals surface area (Å²) < 4.78 is 0. The third-order valence-corrected chi connectivity index (χ3v) is 7.57. The van der Waals surface area contributed by atoms with Gasteiger partial charge in [-0.3, -0.25) is 19.8 Å². The van der Waals surface area contributed by atoms with Crippen LogP contribution in [0.5, 0.6) is 0 Å². The molecule has 4 aromatic rings. The van der Waals surface area contributed by atoms with Crippen LogP contribution < -0.4 is 38.5 Å². The summed E-state index contributed by atoms with van der Waals surface area (Å²) in [4.78, 5) is 43.7. The summed E-state index contributed by atoms with van der Waals surface area (Å²) in [6.07, 6.45) is 6.31. The molecular weight excluding hydrogens is 714 g/mol. The van der Waals surface area contributed by atoms with Crippen molar-refractivity contribution in [2.75, 3.05) is 27.8 Å². The van der Waals surface area contributed by atoms with Gasteiger partial charge < -0.3 is 33.2 Å². The molecule has 2 aliphatic carbocycles. The van der Waals surface area contributed by atoms with Crippen LogP contribution in [0.3, 0.4) is 0 Å². The van der Waals surface area contributed by atoms with Gasteiger partial charge in [0, 0.05) is 30.3 Å². The van der Waals surface area contributed by atoms with E-state index in [1.165, 1.54) is 12.4 Å². The molecule has 2 fully saturated rings. The van der Waals surface area contributed by atoms with Crippen LogP contribution in [0, 0.1) is 20.4 Å². The van der Waals surface area contributed by atoms with Crippen LogP contribution >= 0.6 is 20.4 Å². The fourth-order valence-corrected chi connectivity index (χ4v) is 4.51. The molecule has 10 N–H and O–H groups in total. The molecule has 0 saturated heterocycles. The number of aromatic nitrogens is 4. The first kappa shape index (κ1) is 37.1. The Morgan fingerprint density at radius 2 is 1.29 bits per heavy atom. The third kappa shape index (κ3) is 10.6. The van der Waals surface area contributed by atoms with Gasteiger partial charge in [0.1, 0.15) is 22.8 Å². The zero-order chi connectivity index (χ0) is 35.6. The van der Waals surface area contributed by atoms with E-state index in [1.807, 2.05) is 62.4 Å². The molecule has 0 atom stereocenters. The predicted octanol–water partition coefficient (Wildman–Crippen LogP) is 5.36. The number of primary amides is 2. The molecule has 14 nitrogen and oxygen atoms in total. The summed E-state index contributed by atoms with van der Waals surface area (Å²) in [5, 5.41) is 12.5. The monoisotopic (exact) mass is 748 g/mol. The van der Waals surface area contributed by atoms with Gasteiger partial charge in [-0.05, 0) is 62.1 Å². The number of amides is 2. The second kappa shape index (κ2) is 16.6. The van der Waals surface area contributed by atoms with E-state index >= 15 is 0 Å². The Balaban J connectivity index is 0.000000205. The Morgan fingerprint density at radius 3 is 1.63 bits per heavy atom. The van der Waals surface area contributed by atoms with Crippen molar-refractivity contribution in [1.82, 2.24) is 19.9 Å². The van der Waals surface area contributed by atoms with E-state index < -0.39 is 17.5 Å². The van der Waals surface area contributed by atoms with Crippen LogP contribution in [-0.2, 0) is 12.7 Å². The van der Waals surface area contributed by atoms with E-state index in [4.69, 9.17) is 44.2 Å². The van der Waals surface area contributed by atoms with E-state index in [2.05, 4.69) is 46.0 Å². The van der Waals surface area contributed by atoms with Crippen molar-refractivity contribution < 1.29 is 22.2 Å². The number of hydrogen-bond acceptors (Lipinski definition) is 11. The van der Waals surface area contributed by atoms with Crippen molar-refractivity contribution in [3.63, 3.8) is 0 Å². The van der Waals surface area contributed by atoms with Gasteiger partial charge in [-0.25, -0.2) is 16.5 Å². The van der Waals surface area contributed by atoms with Crippen molar-refractivity contribution >= 4 is 67.1 Å². The van der Waals surface area contributed by atoms with E-state index in [0.717, 1.165) is 48.2 Å². The number of benzene rings is 2. The minimum atomic E-state index is -0.613. The standard InChI is InChI=1S/C16H16N6O.C16H20N6O.2ClH.Ni/c1-10-4-3-5-11(8-10)20-14-12(13(17)23)9-19-15(21-14)22-16(18-2)6-7-16;1-10-3-2-4-11(7-10)20-14-12(13(18)23)8-19-15(21-14)22-16(9-17)5-6-16;;;/h3-5,8-9H,6-7H2,1H3,(H2,17,23)(H2,19,20,21,22);2-4,7-8H,5-6,9,17H2,1H3,(H2,18,23)(H2,19,20,21,22);2*1H;/q;;;;+2/p-2. The molecule has 17 heteroatoms. The molecule has 0 spiro atoms. The Labute approximate surface area is 298 Å². The number of aryl methyl sites for hydroxylation is 2. The average Bonchev–Trinajstić information content (AvgIpc) is 4.00. The molecule has 2 aromatic carbocycles. The Kier molecular flexibility index (Phi) is 12.6. The van der Waals surface area contributed by atoms with Gasteiger partial charge in [-0.2, -0.15) is 9.97 Å². The molecule has 0 aliphatic heterocycles. The first-order valence-electron chi connectivity index (χ1n) is 14.9. The Bertz CT molecular complexity index is 1850. The number of nitrogens with two attached hydrogens (primary N) is 3. The van der Waals surface area contributed by atoms with Crippen molar-refractivity contribution in [2.45, 2.75) is 50.7 Å². The fraction of sp³-hybridized carbons (Fsp3) is 0.281. The molecule has 260 valence electrons. The van der Waals surface area contributed by atoms with Gasteiger partial charge in [0.25, 0.3) is 11.8 Å². The minimum absolute atomic E-state index is 0.116. The normalized spacial score (nSPS) is 14.4. The summed E-state index contributed by atoms with van der Waals surface area (Å²) in [6, 6.07) is 15.5. The van der Waals surface area contributed by atoms with Crippen molar-refractivity contribution in [2.24, 2.45) is 17.2 Å². The number of carbonyl (C=O) groups is 2. The number of nitrogens with zero attached hydrogens (tertiary/aromatic N) is 5. The molecule has 0 bridgehead atoms. The van der Waals surface area contributed by atoms with Crippen LogP contribution in [0.2, 0.25) is 0 Å². The molecule has 2 amide bonds. The summed E-state index contributed by atoms with van der Waals surface area (Å²) in [7, 11) is 9.40. The maximum atomic E-state index is 11.6. The number of halogens is 2. The second-order valence-corrected chi connectivity index (χ2v) is 13.2. The van der Waals surface area contributed by atoms with Crippen LogP contribution in [0.4, 0.5) is 34.9 Å². The predicted molar refractivity (Wildman–Crippen MR) is 189 cm³/mol. The molecule has 2 aromatic heterocycles. The van der Waals surface area contributed by atoms with Crippen LogP contribution in [0.15, 0.2) is 60.9 Å². The van der Waals surface area contributed by atoms with E-state index in [0.29, 0.717) is 42.7 Å². The van der Waals surface area contributed by atoms with Gasteiger partial charge in [0.15, 0.2) is 0 Å². The van der Waals surface area contributed by atoms with E-state index in [1.54, 1.807) is 0 Å². The number of nitrogens with one attached hydrogen (secondary N) is 4. The van der Waals surface area contributed by atoms with Gasteiger partial charge in [-0.15, -0.1) is 0 Å². The summed E-state index contributed by atoms with van der Waals surface area (Å²) >= 11 is 0.569. The molecule has 6 rings (SSSR count). The average molecular weight is 750 g/mol. The van der Waals surface area contributed by atoms with Gasteiger partial charge in [-0.1, -0.05) is 24.3 Å². The van der Waals surface area contributed by atoms with Gasteiger partial charge >= 0.3 is 38.7 Å². The van der Waals surface area contributed by atoms with Crippen LogP contribution in [0.1, 0.15) is 57.5 Å². The first-order chi connectivity index (χ1) is 23.4. The van der Waals surface area contributed by atoms with E-state index in [-0.39, 0.29) is 16.7 Å². The maximum absolute atomic E-state index is 11.6. The first-order valence-corrected chi connectivity index (χ1v) is 17.6. The molecule has 2 heterocycles. The van der Waals surface area contributed by atoms with Crippen molar-refractivity contribution in [3.05, 3.63) is 94.6 Å². The zero-order valence-electron chi connectivity index (χ0n) is 26.7. The Hall–Kier alpha value is -4.74. The summed E-state index contributed by atoms with van der Waals surface area (Å²) in [5.41, 5.74) is 20.1. The third-order valence-electron chi connectivity index (χ3n) is 7.57. The topological polar surface area (TPSA) is 216 Å². The van der Waals surface area contributed by atoms with Crippen molar-refractivity contribution in [1.29, 1.82) is 0 Å². The van der Waals surface area contributed by atoms with E-state index in [9.17, 15) is 9.59 Å². The molecule has 49 heavy (non-hydrogen) atoms. The van der Waals surface area contributed by atoms with Crippen LogP contribution in [-0.4, -0.2) is 49.5 Å². The summed E-state index contributed by atoms with van der Waals surface area (Å²) in [6.45, 7) is 11.7. The number of anilines is 6. The Morgan fingerprint density at radius 1 is 0.837 bits per heavy atom. The van der Waals surface area contributed by atoms with Gasteiger partial charge in [0.05, 0.1) is 18.4 Å². The molecular formula is C32H36Cl2N12NiO2. The quantitative estimate of drug-likeness (QED) is 0.0766. The molecule has 2 aliphatic rings. The number of carbonyl (C=O) groups excluding carboxylic acids is 2. The SMILES string of the molecule is Cc1cccc(Nc2nc(NC3(CN)CC3)ncc2C(N)=O)c1.[C-]#[N+]C1(Nc2ncc(C(N)=O)c(Nc3cccc(C)c3)n2)CC1.[Cl][Ni][Cl]. The van der Waals surface area contributed by atoms with Crippen LogP contribution in [0.25, 0.3) is 4.85 Å². The molecule has 2 saturated carbocycles. The number of rotatable bonds is 11.